The largest absolute Gasteiger partial charge is 0.395 e. The lowest BCUT2D eigenvalue weighted by molar-refractivity contribution is 0.0767. The van der Waals surface area contributed by atoms with Crippen LogP contribution in [0.1, 0.15) is 34.3 Å². The van der Waals surface area contributed by atoms with Crippen molar-refractivity contribution in [1.82, 2.24) is 14.8 Å². The van der Waals surface area contributed by atoms with Crippen molar-refractivity contribution in [2.75, 3.05) is 33.3 Å². The summed E-state index contributed by atoms with van der Waals surface area (Å²) in [5, 5.41) is 8.98. The Balaban J connectivity index is 1.61. The molecule has 5 nitrogen and oxygen atoms in total. The van der Waals surface area contributed by atoms with Crippen LogP contribution in [0.4, 0.5) is 0 Å². The van der Waals surface area contributed by atoms with Crippen molar-refractivity contribution in [2.24, 2.45) is 0 Å². The van der Waals surface area contributed by atoms with Gasteiger partial charge in [-0.3, -0.25) is 14.7 Å². The second kappa shape index (κ2) is 9.96. The average molecular weight is 444 g/mol. The Morgan fingerprint density at radius 1 is 1.18 bits per heavy atom. The Kier molecular flexibility index (Phi) is 7.36. The van der Waals surface area contributed by atoms with Crippen LogP contribution in [0.25, 0.3) is 4.48 Å². The first-order valence-corrected chi connectivity index (χ1v) is 10.3. The summed E-state index contributed by atoms with van der Waals surface area (Å²) in [6.45, 7) is 3.31. The standard InChI is InChI=1S/C22H26BrN3O2/c1-25(13-14-27)22(28)20-6-4-18(5-7-20)21(23)19-8-11-26(12-9-19)16-17-3-2-10-24-15-17/h2-7,10,15,27H,8-9,11-14,16H2,1H3. The molecule has 0 aliphatic carbocycles. The summed E-state index contributed by atoms with van der Waals surface area (Å²) >= 11 is 3.77. The molecule has 1 fully saturated rings. The van der Waals surface area contributed by atoms with Gasteiger partial charge in [-0.15, -0.1) is 0 Å². The first-order valence-electron chi connectivity index (χ1n) is 9.54. The molecule has 1 amide bonds. The molecule has 0 unspecified atom stereocenters. The van der Waals surface area contributed by atoms with Crippen molar-refractivity contribution >= 4 is 26.3 Å². The fourth-order valence-electron chi connectivity index (χ4n) is 3.39. The monoisotopic (exact) mass is 443 g/mol. The summed E-state index contributed by atoms with van der Waals surface area (Å²) in [7, 11) is 1.70. The molecule has 28 heavy (non-hydrogen) atoms. The number of nitrogens with zero attached hydrogens (tertiary/aromatic N) is 3. The highest BCUT2D eigenvalue weighted by Gasteiger charge is 2.18. The fourth-order valence-corrected chi connectivity index (χ4v) is 4.05. The molecule has 0 spiro atoms. The minimum Gasteiger partial charge on any atom is -0.395 e. The molecular formula is C22H26BrN3O2. The maximum absolute atomic E-state index is 12.3. The van der Waals surface area contributed by atoms with Crippen molar-refractivity contribution in [2.45, 2.75) is 19.4 Å². The number of amides is 1. The third-order valence-corrected chi connectivity index (χ3v) is 6.08. The highest BCUT2D eigenvalue weighted by Crippen LogP contribution is 2.31. The highest BCUT2D eigenvalue weighted by molar-refractivity contribution is 9.15. The number of benzene rings is 1. The number of aliphatic hydroxyl groups is 1. The summed E-state index contributed by atoms with van der Waals surface area (Å²) in [6.07, 6.45) is 5.80. The van der Waals surface area contributed by atoms with Crippen LogP contribution in [0.15, 0.2) is 54.4 Å². The Labute approximate surface area is 174 Å². The van der Waals surface area contributed by atoms with Crippen molar-refractivity contribution in [3.05, 3.63) is 71.1 Å². The number of hydrogen-bond donors (Lipinski definition) is 1. The van der Waals surface area contributed by atoms with Gasteiger partial charge < -0.3 is 10.0 Å². The number of aliphatic hydroxyl groups excluding tert-OH is 1. The zero-order valence-corrected chi connectivity index (χ0v) is 17.7. The molecule has 1 aromatic carbocycles. The van der Waals surface area contributed by atoms with Gasteiger partial charge in [0.2, 0.25) is 0 Å². The molecule has 6 heteroatoms. The molecule has 1 aliphatic rings. The zero-order chi connectivity index (χ0) is 19.9. The maximum Gasteiger partial charge on any atom is 0.253 e. The van der Waals surface area contributed by atoms with E-state index in [2.05, 4.69) is 31.9 Å². The highest BCUT2D eigenvalue weighted by atomic mass is 79.9. The number of pyridine rings is 1. The van der Waals surface area contributed by atoms with Gasteiger partial charge in [0.25, 0.3) is 5.91 Å². The number of rotatable bonds is 6. The Morgan fingerprint density at radius 2 is 1.86 bits per heavy atom. The SMILES string of the molecule is CN(CCO)C(=O)c1ccc(C(Br)=C2CCN(Cc3cccnc3)CC2)cc1. The van der Waals surface area contributed by atoms with E-state index in [9.17, 15) is 4.79 Å². The van der Waals surface area contributed by atoms with E-state index in [1.54, 1.807) is 13.2 Å². The number of carbonyl (C=O) groups excluding carboxylic acids is 1. The third-order valence-electron chi connectivity index (χ3n) is 5.07. The minimum atomic E-state index is -0.0758. The quantitative estimate of drug-likeness (QED) is 0.741. The van der Waals surface area contributed by atoms with Crippen molar-refractivity contribution in [1.29, 1.82) is 0 Å². The number of likely N-dealkylation sites (tertiary alicyclic amines) is 1. The van der Waals surface area contributed by atoms with Crippen LogP contribution in [0, 0.1) is 0 Å². The molecule has 1 N–H and O–H groups in total. The number of likely N-dealkylation sites (N-methyl/N-ethyl adjacent to an activating group) is 1. The van der Waals surface area contributed by atoms with E-state index in [0.29, 0.717) is 12.1 Å². The molecule has 0 bridgehead atoms. The summed E-state index contributed by atoms with van der Waals surface area (Å²) in [4.78, 5) is 20.5. The van der Waals surface area contributed by atoms with Crippen LogP contribution in [0.3, 0.4) is 0 Å². The average Bonchev–Trinajstić information content (AvgIpc) is 2.74. The molecular weight excluding hydrogens is 418 g/mol. The molecule has 2 aromatic rings. The van der Waals surface area contributed by atoms with Gasteiger partial charge in [0.15, 0.2) is 0 Å². The van der Waals surface area contributed by atoms with Crippen LogP contribution in [-0.2, 0) is 6.54 Å². The van der Waals surface area contributed by atoms with Gasteiger partial charge in [-0.2, -0.15) is 0 Å². The van der Waals surface area contributed by atoms with Crippen LogP contribution < -0.4 is 0 Å². The van der Waals surface area contributed by atoms with E-state index < -0.39 is 0 Å². The number of aromatic nitrogens is 1. The lowest BCUT2D eigenvalue weighted by Gasteiger charge is -2.29. The van der Waals surface area contributed by atoms with Gasteiger partial charge in [-0.05, 0) is 42.2 Å². The lowest BCUT2D eigenvalue weighted by Crippen LogP contribution is -2.30. The lowest BCUT2D eigenvalue weighted by atomic mass is 10.00. The molecule has 1 saturated heterocycles. The smallest absolute Gasteiger partial charge is 0.253 e. The van der Waals surface area contributed by atoms with Gasteiger partial charge in [-0.1, -0.05) is 39.7 Å². The molecule has 3 rings (SSSR count). The Hall–Kier alpha value is -2.02. The molecule has 0 radical (unpaired) electrons. The second-order valence-corrected chi connectivity index (χ2v) is 7.88. The van der Waals surface area contributed by atoms with Gasteiger partial charge in [-0.25, -0.2) is 0 Å². The summed E-state index contributed by atoms with van der Waals surface area (Å²) < 4.78 is 1.14. The normalized spacial score (nSPS) is 14.8. The van der Waals surface area contributed by atoms with E-state index in [4.69, 9.17) is 5.11 Å². The van der Waals surface area contributed by atoms with Gasteiger partial charge in [0.05, 0.1) is 6.61 Å². The first kappa shape index (κ1) is 20.7. The first-order chi connectivity index (χ1) is 13.6. The number of carbonyl (C=O) groups is 1. The molecule has 148 valence electrons. The van der Waals surface area contributed by atoms with Crippen molar-refractivity contribution in [3.63, 3.8) is 0 Å². The summed E-state index contributed by atoms with van der Waals surface area (Å²) in [5.41, 5.74) is 4.40. The number of piperidine rings is 1. The molecule has 0 saturated carbocycles. The predicted molar refractivity (Wildman–Crippen MR) is 115 cm³/mol. The van der Waals surface area contributed by atoms with E-state index in [1.807, 2.05) is 36.5 Å². The maximum atomic E-state index is 12.3. The summed E-state index contributed by atoms with van der Waals surface area (Å²) in [6, 6.07) is 11.8. The fraction of sp³-hybridized carbons (Fsp3) is 0.364. The molecule has 2 heterocycles. The zero-order valence-electron chi connectivity index (χ0n) is 16.1. The molecule has 1 aliphatic heterocycles. The van der Waals surface area contributed by atoms with Crippen LogP contribution in [0.5, 0.6) is 0 Å². The second-order valence-electron chi connectivity index (χ2n) is 7.08. The van der Waals surface area contributed by atoms with Gasteiger partial charge in [0, 0.05) is 55.7 Å². The minimum absolute atomic E-state index is 0.0320. The summed E-state index contributed by atoms with van der Waals surface area (Å²) in [5.74, 6) is -0.0758. The van der Waals surface area contributed by atoms with Gasteiger partial charge >= 0.3 is 0 Å². The third kappa shape index (κ3) is 5.28. The van der Waals surface area contributed by atoms with E-state index >= 15 is 0 Å². The Bertz CT molecular complexity index is 811. The number of hydrogen-bond acceptors (Lipinski definition) is 4. The van der Waals surface area contributed by atoms with Crippen LogP contribution in [0.2, 0.25) is 0 Å². The molecule has 0 atom stereocenters. The van der Waals surface area contributed by atoms with E-state index in [1.165, 1.54) is 16.0 Å². The predicted octanol–water partition coefficient (Wildman–Crippen LogP) is 3.55. The van der Waals surface area contributed by atoms with E-state index in [-0.39, 0.29) is 12.5 Å². The number of halogens is 1. The van der Waals surface area contributed by atoms with E-state index in [0.717, 1.165) is 42.5 Å². The van der Waals surface area contributed by atoms with Crippen LogP contribution >= 0.6 is 15.9 Å². The van der Waals surface area contributed by atoms with Gasteiger partial charge in [0.1, 0.15) is 0 Å². The molecule has 1 aromatic heterocycles. The van der Waals surface area contributed by atoms with Crippen molar-refractivity contribution in [3.8, 4) is 0 Å². The topological polar surface area (TPSA) is 56.7 Å². The van der Waals surface area contributed by atoms with Crippen LogP contribution in [-0.4, -0.2) is 59.1 Å². The van der Waals surface area contributed by atoms with Crippen molar-refractivity contribution < 1.29 is 9.90 Å². The Morgan fingerprint density at radius 3 is 2.46 bits per heavy atom.